The van der Waals surface area contributed by atoms with Gasteiger partial charge in [-0.2, -0.15) is 0 Å². The fourth-order valence-electron chi connectivity index (χ4n) is 4.90. The lowest BCUT2D eigenvalue weighted by atomic mass is 9.93. The lowest BCUT2D eigenvalue weighted by Gasteiger charge is -2.41. The minimum Gasteiger partial charge on any atom is -0.298 e. The molecule has 1 aliphatic heterocycles. The van der Waals surface area contributed by atoms with Crippen LogP contribution in [0.15, 0.2) is 29.2 Å². The molecule has 1 aromatic carbocycles. The van der Waals surface area contributed by atoms with Crippen molar-refractivity contribution in [2.45, 2.75) is 43.2 Å². The smallest absolute Gasteiger partial charge is 0.0234 e. The molecule has 0 N–H and O–H groups in total. The van der Waals surface area contributed by atoms with Gasteiger partial charge in [0.15, 0.2) is 0 Å². The molecule has 0 amide bonds. The molecule has 4 rings (SSSR count). The molecule has 120 valence electrons. The average Bonchev–Trinajstić information content (AvgIpc) is 3.19. The van der Waals surface area contributed by atoms with Crippen molar-refractivity contribution in [3.63, 3.8) is 0 Å². The van der Waals surface area contributed by atoms with Gasteiger partial charge < -0.3 is 0 Å². The topological polar surface area (TPSA) is 6.48 Å². The van der Waals surface area contributed by atoms with Crippen LogP contribution < -0.4 is 0 Å². The number of thioether (sulfide) groups is 1. The van der Waals surface area contributed by atoms with Crippen LogP contribution in [0, 0.1) is 11.8 Å². The molecule has 1 heterocycles. The van der Waals surface area contributed by atoms with E-state index < -0.39 is 0 Å². The number of benzene rings is 1. The molecular formula is C19H28N2S. The largest absolute Gasteiger partial charge is 0.298 e. The fourth-order valence-corrected chi connectivity index (χ4v) is 5.31. The summed E-state index contributed by atoms with van der Waals surface area (Å²) in [6, 6.07) is 10.0. The zero-order valence-corrected chi connectivity index (χ0v) is 14.5. The number of fused-ring (bicyclic) bond motifs is 2. The van der Waals surface area contributed by atoms with Gasteiger partial charge in [0.2, 0.25) is 0 Å². The molecule has 2 aliphatic carbocycles. The highest BCUT2D eigenvalue weighted by atomic mass is 32.2. The molecule has 3 fully saturated rings. The fraction of sp³-hybridized carbons (Fsp3) is 0.684. The average molecular weight is 317 g/mol. The molecule has 2 nitrogen and oxygen atoms in total. The number of rotatable bonds is 4. The van der Waals surface area contributed by atoms with Gasteiger partial charge >= 0.3 is 0 Å². The third-order valence-corrected chi connectivity index (χ3v) is 6.89. The summed E-state index contributed by atoms with van der Waals surface area (Å²) in [5, 5.41) is 0. The summed E-state index contributed by atoms with van der Waals surface area (Å²) < 4.78 is 0. The van der Waals surface area contributed by atoms with Crippen LogP contribution in [0.25, 0.3) is 0 Å². The number of hydrogen-bond acceptors (Lipinski definition) is 3. The van der Waals surface area contributed by atoms with Gasteiger partial charge in [-0.05, 0) is 55.1 Å². The van der Waals surface area contributed by atoms with Gasteiger partial charge in [0.25, 0.3) is 0 Å². The normalized spacial score (nSPS) is 32.7. The highest BCUT2D eigenvalue weighted by molar-refractivity contribution is 7.98. The maximum atomic E-state index is 2.82. The van der Waals surface area contributed by atoms with Crippen molar-refractivity contribution in [1.29, 1.82) is 0 Å². The maximum Gasteiger partial charge on any atom is 0.0234 e. The maximum absolute atomic E-state index is 2.82. The number of nitrogens with zero attached hydrogens (tertiary/aromatic N) is 2. The van der Waals surface area contributed by atoms with E-state index in [2.05, 4.69) is 40.3 Å². The first-order chi connectivity index (χ1) is 10.8. The summed E-state index contributed by atoms with van der Waals surface area (Å²) in [6.45, 7) is 6.20. The minimum atomic E-state index is 0.932. The second-order valence-electron chi connectivity index (χ2n) is 7.40. The van der Waals surface area contributed by atoms with Gasteiger partial charge in [0.1, 0.15) is 0 Å². The molecule has 2 saturated carbocycles. The Labute approximate surface area is 139 Å². The van der Waals surface area contributed by atoms with Gasteiger partial charge in [-0.3, -0.25) is 9.80 Å². The Kier molecular flexibility index (Phi) is 4.47. The quantitative estimate of drug-likeness (QED) is 0.782. The van der Waals surface area contributed by atoms with E-state index in [1.807, 2.05) is 11.8 Å². The van der Waals surface area contributed by atoms with E-state index in [1.165, 1.54) is 62.3 Å². The van der Waals surface area contributed by atoms with E-state index in [0.717, 1.165) is 24.4 Å². The summed E-state index contributed by atoms with van der Waals surface area (Å²) >= 11 is 1.82. The van der Waals surface area contributed by atoms with Gasteiger partial charge in [0, 0.05) is 43.7 Å². The van der Waals surface area contributed by atoms with Gasteiger partial charge in [-0.1, -0.05) is 18.6 Å². The number of hydrogen-bond donors (Lipinski definition) is 0. The molecular weight excluding hydrogens is 288 g/mol. The Hall–Kier alpha value is -0.510. The SMILES string of the molecule is CSc1ccc(CN2CCN([C@@H]3C[C@H]4CC[C@H]3C4)CC2)cc1. The zero-order valence-electron chi connectivity index (χ0n) is 13.7. The molecule has 2 bridgehead atoms. The predicted molar refractivity (Wildman–Crippen MR) is 94.3 cm³/mol. The molecule has 3 atom stereocenters. The van der Waals surface area contributed by atoms with Crippen LogP contribution in [0.2, 0.25) is 0 Å². The van der Waals surface area contributed by atoms with E-state index in [1.54, 1.807) is 0 Å². The molecule has 22 heavy (non-hydrogen) atoms. The molecule has 0 aromatic heterocycles. The summed E-state index contributed by atoms with van der Waals surface area (Å²) in [7, 11) is 0. The van der Waals surface area contributed by atoms with Crippen molar-refractivity contribution in [3.05, 3.63) is 29.8 Å². The van der Waals surface area contributed by atoms with E-state index in [4.69, 9.17) is 0 Å². The third-order valence-electron chi connectivity index (χ3n) is 6.14. The van der Waals surface area contributed by atoms with Crippen molar-refractivity contribution in [3.8, 4) is 0 Å². The Morgan fingerprint density at radius 1 is 1.00 bits per heavy atom. The van der Waals surface area contributed by atoms with Crippen LogP contribution in [0.5, 0.6) is 0 Å². The molecule has 3 aliphatic rings. The monoisotopic (exact) mass is 316 g/mol. The third kappa shape index (κ3) is 3.08. The molecule has 3 heteroatoms. The Bertz CT molecular complexity index is 493. The standard InChI is InChI=1S/C19H28N2S/c1-22-18-6-3-15(4-7-18)14-20-8-10-21(11-9-20)19-13-16-2-5-17(19)12-16/h3-4,6-7,16-17,19H,2,5,8-14H2,1H3/t16-,17-,19+/m0/s1. The number of piperazine rings is 1. The van der Waals surface area contributed by atoms with Crippen LogP contribution in [0.4, 0.5) is 0 Å². The first kappa shape index (κ1) is 15.0. The first-order valence-electron chi connectivity index (χ1n) is 8.91. The van der Waals surface area contributed by atoms with Crippen LogP contribution in [0.3, 0.4) is 0 Å². The van der Waals surface area contributed by atoms with E-state index in [9.17, 15) is 0 Å². The van der Waals surface area contributed by atoms with Crippen LogP contribution in [-0.4, -0.2) is 48.3 Å². The molecule has 0 radical (unpaired) electrons. The van der Waals surface area contributed by atoms with Crippen molar-refractivity contribution in [2.75, 3.05) is 32.4 Å². The highest BCUT2D eigenvalue weighted by Crippen LogP contribution is 2.46. The zero-order chi connectivity index (χ0) is 14.9. The lowest BCUT2D eigenvalue weighted by Crippen LogP contribution is -2.51. The van der Waals surface area contributed by atoms with Gasteiger partial charge in [-0.25, -0.2) is 0 Å². The lowest BCUT2D eigenvalue weighted by molar-refractivity contribution is 0.0679. The van der Waals surface area contributed by atoms with Gasteiger partial charge in [-0.15, -0.1) is 11.8 Å². The second-order valence-corrected chi connectivity index (χ2v) is 8.28. The Morgan fingerprint density at radius 2 is 1.77 bits per heavy atom. The van der Waals surface area contributed by atoms with Crippen LogP contribution >= 0.6 is 11.8 Å². The van der Waals surface area contributed by atoms with Crippen molar-refractivity contribution in [1.82, 2.24) is 9.80 Å². The highest BCUT2D eigenvalue weighted by Gasteiger charge is 2.42. The van der Waals surface area contributed by atoms with Crippen LogP contribution in [-0.2, 0) is 6.54 Å². The van der Waals surface area contributed by atoms with Crippen molar-refractivity contribution in [2.24, 2.45) is 11.8 Å². The molecule has 0 unspecified atom stereocenters. The van der Waals surface area contributed by atoms with Crippen molar-refractivity contribution >= 4 is 11.8 Å². The summed E-state index contributed by atoms with van der Waals surface area (Å²) in [6.07, 6.45) is 8.21. The van der Waals surface area contributed by atoms with E-state index in [0.29, 0.717) is 0 Å². The summed E-state index contributed by atoms with van der Waals surface area (Å²) in [4.78, 5) is 6.82. The second kappa shape index (κ2) is 6.54. The molecule has 1 saturated heterocycles. The first-order valence-corrected chi connectivity index (χ1v) is 10.1. The Balaban J connectivity index is 1.28. The van der Waals surface area contributed by atoms with E-state index >= 15 is 0 Å². The summed E-state index contributed by atoms with van der Waals surface area (Å²) in [5.41, 5.74) is 1.46. The molecule has 1 aromatic rings. The molecule has 0 spiro atoms. The Morgan fingerprint density at radius 3 is 2.36 bits per heavy atom. The van der Waals surface area contributed by atoms with Gasteiger partial charge in [0.05, 0.1) is 0 Å². The summed E-state index contributed by atoms with van der Waals surface area (Å²) in [5.74, 6) is 2.11. The minimum absolute atomic E-state index is 0.932. The van der Waals surface area contributed by atoms with Crippen molar-refractivity contribution < 1.29 is 0 Å². The van der Waals surface area contributed by atoms with E-state index in [-0.39, 0.29) is 0 Å². The predicted octanol–water partition coefficient (Wildman–Crippen LogP) is 3.71. The van der Waals surface area contributed by atoms with Crippen LogP contribution in [0.1, 0.15) is 31.2 Å².